The number of rotatable bonds is 0. The van der Waals surface area contributed by atoms with E-state index in [1.54, 1.807) is 0 Å². The summed E-state index contributed by atoms with van der Waals surface area (Å²) in [7, 11) is 0. The van der Waals surface area contributed by atoms with Crippen LogP contribution < -0.4 is 0 Å². The molecule has 0 spiro atoms. The van der Waals surface area contributed by atoms with Gasteiger partial charge in [0, 0.05) is 5.92 Å². The van der Waals surface area contributed by atoms with E-state index in [1.165, 1.54) is 44.9 Å². The van der Waals surface area contributed by atoms with Gasteiger partial charge in [0.25, 0.3) is 0 Å². The minimum Gasteiger partial charge on any atom is -0.198 e. The Bertz CT molecular complexity index is 192. The molecule has 2 rings (SSSR count). The van der Waals surface area contributed by atoms with E-state index in [4.69, 9.17) is 5.26 Å². The first-order chi connectivity index (χ1) is 5.90. The quantitative estimate of drug-likeness (QED) is 0.538. The zero-order chi connectivity index (χ0) is 8.39. The van der Waals surface area contributed by atoms with E-state index in [9.17, 15) is 0 Å². The molecule has 0 saturated heterocycles. The predicted octanol–water partition coefficient (Wildman–Crippen LogP) is 3.12. The molecular formula is C11H17N. The molecule has 1 nitrogen and oxygen atoms in total. The molecule has 0 amide bonds. The van der Waals surface area contributed by atoms with Gasteiger partial charge in [-0.25, -0.2) is 0 Å². The van der Waals surface area contributed by atoms with Crippen LogP contribution in [0, 0.1) is 29.1 Å². The molecular weight excluding hydrogens is 146 g/mol. The number of nitrogens with zero attached hydrogens (tertiary/aromatic N) is 1. The maximum absolute atomic E-state index is 8.83. The Labute approximate surface area is 74.8 Å². The average molecular weight is 163 g/mol. The van der Waals surface area contributed by atoms with Gasteiger partial charge in [-0.2, -0.15) is 5.26 Å². The molecule has 0 aromatic rings. The number of hydrogen-bond acceptors (Lipinski definition) is 1. The first kappa shape index (κ1) is 8.10. The molecule has 2 saturated carbocycles. The van der Waals surface area contributed by atoms with Crippen molar-refractivity contribution in [2.45, 2.75) is 44.9 Å². The monoisotopic (exact) mass is 163 g/mol. The molecule has 66 valence electrons. The Morgan fingerprint density at radius 2 is 1.67 bits per heavy atom. The third kappa shape index (κ3) is 1.48. The van der Waals surface area contributed by atoms with E-state index < -0.39 is 0 Å². The van der Waals surface area contributed by atoms with Crippen LogP contribution in [0.15, 0.2) is 0 Å². The van der Waals surface area contributed by atoms with E-state index >= 15 is 0 Å². The maximum atomic E-state index is 8.83. The molecule has 3 unspecified atom stereocenters. The Morgan fingerprint density at radius 3 is 2.42 bits per heavy atom. The Hall–Kier alpha value is -0.510. The number of nitriles is 1. The van der Waals surface area contributed by atoms with E-state index in [2.05, 4.69) is 6.07 Å². The molecule has 0 aliphatic heterocycles. The van der Waals surface area contributed by atoms with Crippen LogP contribution in [-0.4, -0.2) is 0 Å². The summed E-state index contributed by atoms with van der Waals surface area (Å²) in [4.78, 5) is 0. The lowest BCUT2D eigenvalue weighted by Gasteiger charge is -2.37. The van der Waals surface area contributed by atoms with Gasteiger partial charge >= 0.3 is 0 Å². The second-order valence-corrected chi connectivity index (χ2v) is 4.44. The van der Waals surface area contributed by atoms with Crippen molar-refractivity contribution in [2.24, 2.45) is 17.8 Å². The predicted molar refractivity (Wildman–Crippen MR) is 48.4 cm³/mol. The van der Waals surface area contributed by atoms with Gasteiger partial charge in [-0.15, -0.1) is 0 Å². The number of hydrogen-bond donors (Lipinski definition) is 0. The molecule has 2 aliphatic rings. The maximum Gasteiger partial charge on any atom is 0.0655 e. The smallest absolute Gasteiger partial charge is 0.0655 e. The summed E-state index contributed by atoms with van der Waals surface area (Å²) in [6, 6.07) is 2.44. The van der Waals surface area contributed by atoms with Gasteiger partial charge in [0.05, 0.1) is 6.07 Å². The highest BCUT2D eigenvalue weighted by atomic mass is 14.4. The zero-order valence-electron chi connectivity index (χ0n) is 7.63. The third-order valence-electron chi connectivity index (χ3n) is 3.72. The molecule has 0 aromatic carbocycles. The van der Waals surface area contributed by atoms with E-state index in [0.717, 1.165) is 11.8 Å². The first-order valence-corrected chi connectivity index (χ1v) is 5.30. The average Bonchev–Trinajstić information content (AvgIpc) is 2.17. The molecule has 0 heterocycles. The van der Waals surface area contributed by atoms with Crippen LogP contribution in [0.25, 0.3) is 0 Å². The van der Waals surface area contributed by atoms with Crippen molar-refractivity contribution >= 4 is 0 Å². The molecule has 3 atom stereocenters. The lowest BCUT2D eigenvalue weighted by atomic mass is 9.68. The van der Waals surface area contributed by atoms with E-state index in [0.29, 0.717) is 5.92 Å². The molecule has 0 radical (unpaired) electrons. The van der Waals surface area contributed by atoms with Crippen molar-refractivity contribution in [3.63, 3.8) is 0 Å². The van der Waals surface area contributed by atoms with Crippen molar-refractivity contribution in [2.75, 3.05) is 0 Å². The lowest BCUT2D eigenvalue weighted by Crippen LogP contribution is -2.27. The normalized spacial score (nSPS) is 41.4. The van der Waals surface area contributed by atoms with Gasteiger partial charge in [-0.3, -0.25) is 0 Å². The van der Waals surface area contributed by atoms with Gasteiger partial charge in [-0.1, -0.05) is 25.7 Å². The fourth-order valence-electron chi connectivity index (χ4n) is 2.99. The van der Waals surface area contributed by atoms with Gasteiger partial charge in [0.2, 0.25) is 0 Å². The largest absolute Gasteiger partial charge is 0.198 e. The summed E-state index contributed by atoms with van der Waals surface area (Å²) in [6.45, 7) is 0. The second kappa shape index (κ2) is 3.47. The van der Waals surface area contributed by atoms with Gasteiger partial charge in [0.1, 0.15) is 0 Å². The molecule has 2 fully saturated rings. The van der Waals surface area contributed by atoms with Crippen LogP contribution in [0.3, 0.4) is 0 Å². The minimum atomic E-state index is 0.393. The topological polar surface area (TPSA) is 23.8 Å². The van der Waals surface area contributed by atoms with Crippen molar-refractivity contribution in [1.29, 1.82) is 5.26 Å². The summed E-state index contributed by atoms with van der Waals surface area (Å²) >= 11 is 0. The third-order valence-corrected chi connectivity index (χ3v) is 3.72. The van der Waals surface area contributed by atoms with Crippen LogP contribution in [0.1, 0.15) is 44.9 Å². The molecule has 0 N–H and O–H groups in total. The first-order valence-electron chi connectivity index (χ1n) is 5.30. The van der Waals surface area contributed by atoms with Gasteiger partial charge in [0.15, 0.2) is 0 Å². The molecule has 1 heteroatoms. The van der Waals surface area contributed by atoms with Crippen molar-refractivity contribution in [1.82, 2.24) is 0 Å². The summed E-state index contributed by atoms with van der Waals surface area (Å²) in [6.07, 6.45) is 9.44. The highest BCUT2D eigenvalue weighted by molar-refractivity contribution is 4.91. The summed E-state index contributed by atoms with van der Waals surface area (Å²) in [5.41, 5.74) is 0. The van der Waals surface area contributed by atoms with Crippen LogP contribution in [-0.2, 0) is 0 Å². The van der Waals surface area contributed by atoms with Gasteiger partial charge in [-0.05, 0) is 31.1 Å². The summed E-state index contributed by atoms with van der Waals surface area (Å²) in [5.74, 6) is 2.30. The highest BCUT2D eigenvalue weighted by Crippen LogP contribution is 2.42. The zero-order valence-corrected chi connectivity index (χ0v) is 7.63. The fraction of sp³-hybridized carbons (Fsp3) is 0.909. The molecule has 12 heavy (non-hydrogen) atoms. The lowest BCUT2D eigenvalue weighted by molar-refractivity contribution is 0.149. The minimum absolute atomic E-state index is 0.393. The molecule has 2 aliphatic carbocycles. The Morgan fingerprint density at radius 1 is 0.917 bits per heavy atom. The van der Waals surface area contributed by atoms with Gasteiger partial charge < -0.3 is 0 Å². The van der Waals surface area contributed by atoms with Crippen LogP contribution >= 0.6 is 0 Å². The van der Waals surface area contributed by atoms with Crippen LogP contribution in [0.2, 0.25) is 0 Å². The molecule has 0 bridgehead atoms. The number of fused-ring (bicyclic) bond motifs is 1. The molecule has 0 aromatic heterocycles. The van der Waals surface area contributed by atoms with Crippen molar-refractivity contribution in [3.8, 4) is 6.07 Å². The standard InChI is InChI=1S/C11H17N/c12-8-9-5-6-10-3-1-2-4-11(10)7-9/h9-11H,1-7H2. The highest BCUT2D eigenvalue weighted by Gasteiger charge is 2.31. The summed E-state index contributed by atoms with van der Waals surface area (Å²) in [5, 5.41) is 8.83. The van der Waals surface area contributed by atoms with Crippen molar-refractivity contribution in [3.05, 3.63) is 0 Å². The fourth-order valence-corrected chi connectivity index (χ4v) is 2.99. The SMILES string of the molecule is N#CC1CCC2CCCCC2C1. The van der Waals surface area contributed by atoms with E-state index in [-0.39, 0.29) is 0 Å². The van der Waals surface area contributed by atoms with Crippen LogP contribution in [0.4, 0.5) is 0 Å². The Balaban J connectivity index is 1.95. The van der Waals surface area contributed by atoms with Crippen LogP contribution in [0.5, 0.6) is 0 Å². The Kier molecular flexibility index (Phi) is 2.35. The van der Waals surface area contributed by atoms with E-state index in [1.807, 2.05) is 0 Å². The summed E-state index contributed by atoms with van der Waals surface area (Å²) < 4.78 is 0. The second-order valence-electron chi connectivity index (χ2n) is 4.44. The van der Waals surface area contributed by atoms with Crippen molar-refractivity contribution < 1.29 is 0 Å².